The highest BCUT2D eigenvalue weighted by Crippen LogP contribution is 2.40. The van der Waals surface area contributed by atoms with Crippen LogP contribution in [0.3, 0.4) is 0 Å². The monoisotopic (exact) mass is 245 g/mol. The third-order valence-corrected chi connectivity index (χ3v) is 3.60. The van der Waals surface area contributed by atoms with Gasteiger partial charge in [0.05, 0.1) is 6.04 Å². The molecule has 0 radical (unpaired) electrons. The van der Waals surface area contributed by atoms with Gasteiger partial charge in [0.1, 0.15) is 17.5 Å². The standard InChI is InChI=1S/C15H19NO2/c1-15(2)9-10-5-3-6-11(14(10)18-15)13(17)12-7-4-8-16-12/h3-7,12-13,16-17H,8-9H2,1-2H3. The summed E-state index contributed by atoms with van der Waals surface area (Å²) in [5, 5.41) is 13.7. The molecule has 0 fully saturated rings. The van der Waals surface area contributed by atoms with Crippen LogP contribution in [-0.4, -0.2) is 23.3 Å². The van der Waals surface area contributed by atoms with Gasteiger partial charge in [-0.15, -0.1) is 0 Å². The number of hydrogen-bond acceptors (Lipinski definition) is 3. The first-order valence-electron chi connectivity index (χ1n) is 6.46. The third kappa shape index (κ3) is 1.93. The lowest BCUT2D eigenvalue weighted by Gasteiger charge is -2.22. The minimum absolute atomic E-state index is 0.0104. The molecule has 2 atom stereocenters. The Balaban J connectivity index is 1.95. The van der Waals surface area contributed by atoms with E-state index in [2.05, 4.69) is 25.2 Å². The van der Waals surface area contributed by atoms with Crippen LogP contribution < -0.4 is 10.1 Å². The molecule has 0 saturated heterocycles. The Labute approximate surface area is 107 Å². The summed E-state index contributed by atoms with van der Waals surface area (Å²) < 4.78 is 5.99. The van der Waals surface area contributed by atoms with E-state index in [0.717, 1.165) is 24.3 Å². The molecule has 0 amide bonds. The van der Waals surface area contributed by atoms with Crippen molar-refractivity contribution in [1.82, 2.24) is 5.32 Å². The van der Waals surface area contributed by atoms with Crippen molar-refractivity contribution in [1.29, 1.82) is 0 Å². The molecule has 2 aliphatic rings. The summed E-state index contributed by atoms with van der Waals surface area (Å²) in [5.74, 6) is 0.872. The molecular weight excluding hydrogens is 226 g/mol. The van der Waals surface area contributed by atoms with Crippen molar-refractivity contribution in [2.24, 2.45) is 0 Å². The number of hydrogen-bond donors (Lipinski definition) is 2. The maximum absolute atomic E-state index is 10.5. The second-order valence-corrected chi connectivity index (χ2v) is 5.68. The number of fused-ring (bicyclic) bond motifs is 1. The second kappa shape index (κ2) is 4.11. The maximum atomic E-state index is 10.5. The highest BCUT2D eigenvalue weighted by Gasteiger charge is 2.34. The zero-order valence-corrected chi connectivity index (χ0v) is 10.8. The average molecular weight is 245 g/mol. The normalized spacial score (nSPS) is 25.8. The van der Waals surface area contributed by atoms with Gasteiger partial charge in [-0.2, -0.15) is 0 Å². The van der Waals surface area contributed by atoms with Gasteiger partial charge in [0.15, 0.2) is 0 Å². The van der Waals surface area contributed by atoms with E-state index in [0.29, 0.717) is 0 Å². The largest absolute Gasteiger partial charge is 0.487 e. The van der Waals surface area contributed by atoms with Crippen LogP contribution in [0.5, 0.6) is 5.75 Å². The third-order valence-electron chi connectivity index (χ3n) is 3.60. The molecule has 0 saturated carbocycles. The first-order valence-corrected chi connectivity index (χ1v) is 6.46. The number of aliphatic hydroxyl groups is 1. The molecule has 0 aliphatic carbocycles. The lowest BCUT2D eigenvalue weighted by molar-refractivity contribution is 0.119. The number of rotatable bonds is 2. The van der Waals surface area contributed by atoms with Crippen LogP contribution >= 0.6 is 0 Å². The number of aliphatic hydroxyl groups excluding tert-OH is 1. The highest BCUT2D eigenvalue weighted by atomic mass is 16.5. The molecule has 3 heteroatoms. The molecule has 96 valence electrons. The Morgan fingerprint density at radius 3 is 3.00 bits per heavy atom. The van der Waals surface area contributed by atoms with E-state index in [-0.39, 0.29) is 11.6 Å². The summed E-state index contributed by atoms with van der Waals surface area (Å²) in [4.78, 5) is 0. The zero-order chi connectivity index (χ0) is 12.8. The summed E-state index contributed by atoms with van der Waals surface area (Å²) in [6.45, 7) is 4.98. The Kier molecular flexibility index (Phi) is 2.68. The van der Waals surface area contributed by atoms with E-state index in [1.54, 1.807) is 0 Å². The average Bonchev–Trinajstić information content (AvgIpc) is 2.91. The topological polar surface area (TPSA) is 41.5 Å². The van der Waals surface area contributed by atoms with Crippen molar-refractivity contribution in [2.75, 3.05) is 6.54 Å². The quantitative estimate of drug-likeness (QED) is 0.783. The van der Waals surface area contributed by atoms with E-state index in [1.165, 1.54) is 5.56 Å². The Hall–Kier alpha value is -1.32. The van der Waals surface area contributed by atoms with Crippen LogP contribution in [-0.2, 0) is 6.42 Å². The van der Waals surface area contributed by atoms with Crippen molar-refractivity contribution >= 4 is 0 Å². The number of benzene rings is 1. The Morgan fingerprint density at radius 1 is 1.44 bits per heavy atom. The predicted octanol–water partition coefficient (Wildman–Crippen LogP) is 1.96. The van der Waals surface area contributed by atoms with Gasteiger partial charge in [-0.3, -0.25) is 0 Å². The molecular formula is C15H19NO2. The van der Waals surface area contributed by atoms with Crippen LogP contribution in [0.2, 0.25) is 0 Å². The van der Waals surface area contributed by atoms with Crippen LogP contribution in [0.15, 0.2) is 30.4 Å². The molecule has 3 rings (SSSR count). The smallest absolute Gasteiger partial charge is 0.129 e. The second-order valence-electron chi connectivity index (χ2n) is 5.68. The van der Waals surface area contributed by atoms with Crippen molar-refractivity contribution in [2.45, 2.75) is 38.0 Å². The van der Waals surface area contributed by atoms with Crippen LogP contribution in [0.4, 0.5) is 0 Å². The fraction of sp³-hybridized carbons (Fsp3) is 0.467. The van der Waals surface area contributed by atoms with E-state index >= 15 is 0 Å². The minimum atomic E-state index is -0.549. The first kappa shape index (κ1) is 11.8. The number of ether oxygens (including phenoxy) is 1. The molecule has 0 bridgehead atoms. The van der Waals surface area contributed by atoms with E-state index in [1.807, 2.05) is 24.3 Å². The van der Waals surface area contributed by atoms with Crippen molar-refractivity contribution < 1.29 is 9.84 Å². The van der Waals surface area contributed by atoms with Gasteiger partial charge >= 0.3 is 0 Å². The van der Waals surface area contributed by atoms with E-state index < -0.39 is 6.10 Å². The van der Waals surface area contributed by atoms with Gasteiger partial charge in [0.25, 0.3) is 0 Å². The van der Waals surface area contributed by atoms with Crippen molar-refractivity contribution in [3.63, 3.8) is 0 Å². The highest BCUT2D eigenvalue weighted by molar-refractivity contribution is 5.47. The summed E-state index contributed by atoms with van der Waals surface area (Å²) in [5.41, 5.74) is 1.91. The van der Waals surface area contributed by atoms with E-state index in [9.17, 15) is 5.11 Å². The molecule has 0 spiro atoms. The molecule has 2 unspecified atom stereocenters. The zero-order valence-electron chi connectivity index (χ0n) is 10.8. The fourth-order valence-electron chi connectivity index (χ4n) is 2.77. The van der Waals surface area contributed by atoms with Crippen LogP contribution in [0.1, 0.15) is 31.1 Å². The van der Waals surface area contributed by atoms with Gasteiger partial charge in [0.2, 0.25) is 0 Å². The van der Waals surface area contributed by atoms with Gasteiger partial charge < -0.3 is 15.2 Å². The molecule has 1 aromatic rings. The molecule has 2 aliphatic heterocycles. The van der Waals surface area contributed by atoms with E-state index in [4.69, 9.17) is 4.74 Å². The van der Waals surface area contributed by atoms with Gasteiger partial charge in [-0.1, -0.05) is 30.4 Å². The van der Waals surface area contributed by atoms with Crippen LogP contribution in [0, 0.1) is 0 Å². The predicted molar refractivity (Wildman–Crippen MR) is 70.7 cm³/mol. The summed E-state index contributed by atoms with van der Waals surface area (Å²) in [6.07, 6.45) is 4.41. The van der Waals surface area contributed by atoms with Crippen LogP contribution in [0.25, 0.3) is 0 Å². The lowest BCUT2D eigenvalue weighted by atomic mass is 9.97. The van der Waals surface area contributed by atoms with Crippen molar-refractivity contribution in [3.05, 3.63) is 41.5 Å². The SMILES string of the molecule is CC1(C)Cc2cccc(C(O)C3C=CCN3)c2O1. The van der Waals surface area contributed by atoms with Crippen molar-refractivity contribution in [3.8, 4) is 5.75 Å². The summed E-state index contributed by atoms with van der Waals surface area (Å²) in [7, 11) is 0. The van der Waals surface area contributed by atoms with Gasteiger partial charge in [0, 0.05) is 18.5 Å². The van der Waals surface area contributed by atoms with Gasteiger partial charge in [-0.25, -0.2) is 0 Å². The fourth-order valence-corrected chi connectivity index (χ4v) is 2.77. The number of nitrogens with one attached hydrogen (secondary N) is 1. The maximum Gasteiger partial charge on any atom is 0.129 e. The molecule has 0 aromatic heterocycles. The minimum Gasteiger partial charge on any atom is -0.487 e. The summed E-state index contributed by atoms with van der Waals surface area (Å²) in [6, 6.07) is 6.03. The molecule has 2 N–H and O–H groups in total. The molecule has 3 nitrogen and oxygen atoms in total. The molecule has 2 heterocycles. The Bertz CT molecular complexity index is 493. The van der Waals surface area contributed by atoms with Gasteiger partial charge in [-0.05, 0) is 19.4 Å². The Morgan fingerprint density at radius 2 is 2.28 bits per heavy atom. The summed E-state index contributed by atoms with van der Waals surface area (Å²) >= 11 is 0. The first-order chi connectivity index (χ1) is 8.57. The lowest BCUT2D eigenvalue weighted by Crippen LogP contribution is -2.30. The molecule has 1 aromatic carbocycles. The molecule has 18 heavy (non-hydrogen) atoms. The number of para-hydroxylation sites is 1.